The second-order valence-electron chi connectivity index (χ2n) is 5.10. The van der Waals surface area contributed by atoms with Gasteiger partial charge in [-0.3, -0.25) is 9.10 Å². The minimum atomic E-state index is -3.22. The van der Waals surface area contributed by atoms with Crippen LogP contribution in [0.25, 0.3) is 0 Å². The lowest BCUT2D eigenvalue weighted by atomic mass is 10.2. The van der Waals surface area contributed by atoms with Crippen LogP contribution in [0.4, 0.5) is 5.69 Å². The van der Waals surface area contributed by atoms with E-state index in [4.69, 9.17) is 4.74 Å². The Morgan fingerprint density at radius 3 is 2.91 bits per heavy atom. The molecule has 0 radical (unpaired) electrons. The number of rotatable bonds is 7. The number of sulfonamides is 1. The summed E-state index contributed by atoms with van der Waals surface area (Å²) in [5, 5.41) is 2.81. The first-order valence-electron chi connectivity index (χ1n) is 7.51. The highest BCUT2D eigenvalue weighted by atomic mass is 32.2. The summed E-state index contributed by atoms with van der Waals surface area (Å²) in [6, 6.07) is 6.73. The Hall–Kier alpha value is -1.60. The molecule has 0 atom stereocenters. The summed E-state index contributed by atoms with van der Waals surface area (Å²) in [5.41, 5.74) is 1.02. The predicted molar refractivity (Wildman–Crippen MR) is 85.6 cm³/mol. The van der Waals surface area contributed by atoms with Gasteiger partial charge >= 0.3 is 0 Å². The van der Waals surface area contributed by atoms with Gasteiger partial charge in [0.25, 0.3) is 5.91 Å². The van der Waals surface area contributed by atoms with E-state index in [2.05, 4.69) is 5.32 Å². The van der Waals surface area contributed by atoms with E-state index in [-0.39, 0.29) is 11.7 Å². The van der Waals surface area contributed by atoms with Crippen LogP contribution in [0.3, 0.4) is 0 Å². The van der Waals surface area contributed by atoms with Gasteiger partial charge in [-0.1, -0.05) is 6.07 Å². The van der Waals surface area contributed by atoms with Gasteiger partial charge in [0.05, 0.1) is 11.4 Å². The maximum absolute atomic E-state index is 12.1. The number of nitrogens with zero attached hydrogens (tertiary/aromatic N) is 1. The van der Waals surface area contributed by atoms with Crippen LogP contribution in [0, 0.1) is 0 Å². The zero-order valence-electron chi connectivity index (χ0n) is 12.7. The molecule has 2 rings (SSSR count). The van der Waals surface area contributed by atoms with Crippen molar-refractivity contribution in [3.63, 3.8) is 0 Å². The third-order valence-corrected chi connectivity index (χ3v) is 5.32. The van der Waals surface area contributed by atoms with Gasteiger partial charge in [-0.25, -0.2) is 8.42 Å². The van der Waals surface area contributed by atoms with E-state index in [1.54, 1.807) is 24.3 Å². The molecule has 1 fully saturated rings. The lowest BCUT2D eigenvalue weighted by Gasteiger charge is -2.17. The van der Waals surface area contributed by atoms with Crippen molar-refractivity contribution in [2.24, 2.45) is 0 Å². The van der Waals surface area contributed by atoms with Crippen molar-refractivity contribution in [1.82, 2.24) is 5.32 Å². The fraction of sp³-hybridized carbons (Fsp3) is 0.533. The van der Waals surface area contributed by atoms with Crippen molar-refractivity contribution in [2.45, 2.75) is 19.8 Å². The minimum Gasteiger partial charge on any atom is -0.382 e. The average Bonchev–Trinajstić information content (AvgIpc) is 2.86. The van der Waals surface area contributed by atoms with Crippen molar-refractivity contribution in [2.75, 3.05) is 36.4 Å². The fourth-order valence-corrected chi connectivity index (χ4v) is 3.91. The molecule has 1 aliphatic rings. The number of anilines is 1. The van der Waals surface area contributed by atoms with Crippen LogP contribution < -0.4 is 9.62 Å². The van der Waals surface area contributed by atoms with E-state index in [1.807, 2.05) is 6.92 Å². The number of amides is 1. The van der Waals surface area contributed by atoms with E-state index in [9.17, 15) is 13.2 Å². The van der Waals surface area contributed by atoms with Crippen LogP contribution in [-0.4, -0.2) is 46.4 Å². The highest BCUT2D eigenvalue weighted by molar-refractivity contribution is 7.93. The second-order valence-corrected chi connectivity index (χ2v) is 7.11. The fourth-order valence-electron chi connectivity index (χ4n) is 2.35. The Balaban J connectivity index is 1.98. The van der Waals surface area contributed by atoms with Gasteiger partial charge in [0.2, 0.25) is 10.0 Å². The number of carbonyl (C=O) groups excluding carboxylic acids is 1. The molecule has 1 aromatic rings. The molecule has 1 saturated heterocycles. The largest absolute Gasteiger partial charge is 0.382 e. The molecule has 1 aromatic carbocycles. The molecule has 0 unspecified atom stereocenters. The molecule has 0 aromatic heterocycles. The zero-order valence-corrected chi connectivity index (χ0v) is 13.6. The van der Waals surface area contributed by atoms with Gasteiger partial charge in [-0.05, 0) is 38.0 Å². The summed E-state index contributed by atoms with van der Waals surface area (Å²) < 4.78 is 30.4. The van der Waals surface area contributed by atoms with Crippen LogP contribution in [0.2, 0.25) is 0 Å². The molecule has 1 aliphatic heterocycles. The Morgan fingerprint density at radius 1 is 1.41 bits per heavy atom. The smallest absolute Gasteiger partial charge is 0.251 e. The van der Waals surface area contributed by atoms with E-state index < -0.39 is 10.0 Å². The number of carbonyl (C=O) groups is 1. The Labute approximate surface area is 131 Å². The molecule has 0 bridgehead atoms. The summed E-state index contributed by atoms with van der Waals surface area (Å²) in [6.45, 7) is 4.21. The molecule has 7 heteroatoms. The first kappa shape index (κ1) is 16.8. The van der Waals surface area contributed by atoms with E-state index in [0.29, 0.717) is 44.0 Å². The number of nitrogens with one attached hydrogen (secondary N) is 1. The van der Waals surface area contributed by atoms with Gasteiger partial charge in [-0.2, -0.15) is 0 Å². The lowest BCUT2D eigenvalue weighted by Crippen LogP contribution is -2.27. The van der Waals surface area contributed by atoms with Crippen LogP contribution >= 0.6 is 0 Å². The maximum Gasteiger partial charge on any atom is 0.251 e. The highest BCUT2D eigenvalue weighted by Gasteiger charge is 2.28. The SMILES string of the molecule is CCOCCCNC(=O)c1cccc(N2CCCS2(=O)=O)c1. The number of ether oxygens (including phenoxy) is 1. The van der Waals surface area contributed by atoms with Crippen LogP contribution in [0.5, 0.6) is 0 Å². The van der Waals surface area contributed by atoms with E-state index in [0.717, 1.165) is 6.42 Å². The first-order chi connectivity index (χ1) is 10.5. The molecule has 0 spiro atoms. The van der Waals surface area contributed by atoms with Gasteiger partial charge in [0.1, 0.15) is 0 Å². The third kappa shape index (κ3) is 4.20. The Morgan fingerprint density at radius 2 is 2.23 bits per heavy atom. The number of benzene rings is 1. The van der Waals surface area contributed by atoms with Crippen molar-refractivity contribution in [1.29, 1.82) is 0 Å². The van der Waals surface area contributed by atoms with Gasteiger partial charge in [0, 0.05) is 31.9 Å². The quantitative estimate of drug-likeness (QED) is 0.768. The standard InChI is InChI=1S/C15H22N2O4S/c1-2-21-10-4-8-16-15(18)13-6-3-7-14(12-13)17-9-5-11-22(17,19)20/h3,6-7,12H,2,4-5,8-11H2,1H3,(H,16,18). The Kier molecular flexibility index (Phi) is 5.79. The molecule has 1 N–H and O–H groups in total. The van der Waals surface area contributed by atoms with Crippen LogP contribution in [0.15, 0.2) is 24.3 Å². The summed E-state index contributed by atoms with van der Waals surface area (Å²) >= 11 is 0. The number of hydrogen-bond donors (Lipinski definition) is 1. The third-order valence-electron chi connectivity index (χ3n) is 3.45. The second kappa shape index (κ2) is 7.60. The molecular formula is C15H22N2O4S. The summed E-state index contributed by atoms with van der Waals surface area (Å²) in [5.74, 6) is -0.0316. The molecule has 22 heavy (non-hydrogen) atoms. The van der Waals surface area contributed by atoms with Gasteiger partial charge in [0.15, 0.2) is 0 Å². The molecule has 0 aliphatic carbocycles. The van der Waals surface area contributed by atoms with E-state index >= 15 is 0 Å². The van der Waals surface area contributed by atoms with Crippen LogP contribution in [0.1, 0.15) is 30.1 Å². The van der Waals surface area contributed by atoms with Crippen molar-refractivity contribution >= 4 is 21.6 Å². The van der Waals surface area contributed by atoms with Gasteiger partial charge < -0.3 is 10.1 Å². The first-order valence-corrected chi connectivity index (χ1v) is 9.12. The van der Waals surface area contributed by atoms with Crippen LogP contribution in [-0.2, 0) is 14.8 Å². The van der Waals surface area contributed by atoms with Crippen molar-refractivity contribution in [3.05, 3.63) is 29.8 Å². The molecular weight excluding hydrogens is 304 g/mol. The normalized spacial score (nSPS) is 16.7. The maximum atomic E-state index is 12.1. The lowest BCUT2D eigenvalue weighted by molar-refractivity contribution is 0.0944. The van der Waals surface area contributed by atoms with Crippen molar-refractivity contribution in [3.8, 4) is 0 Å². The summed E-state index contributed by atoms with van der Waals surface area (Å²) in [7, 11) is -3.22. The minimum absolute atomic E-state index is 0.168. The summed E-state index contributed by atoms with van der Waals surface area (Å²) in [4.78, 5) is 12.1. The molecule has 122 valence electrons. The molecule has 1 heterocycles. The topological polar surface area (TPSA) is 75.7 Å². The Bertz CT molecular complexity index is 616. The summed E-state index contributed by atoms with van der Waals surface area (Å²) in [6.07, 6.45) is 1.37. The molecule has 0 saturated carbocycles. The van der Waals surface area contributed by atoms with Gasteiger partial charge in [-0.15, -0.1) is 0 Å². The average molecular weight is 326 g/mol. The van der Waals surface area contributed by atoms with E-state index in [1.165, 1.54) is 4.31 Å². The predicted octanol–water partition coefficient (Wildman–Crippen LogP) is 1.38. The highest BCUT2D eigenvalue weighted by Crippen LogP contribution is 2.24. The van der Waals surface area contributed by atoms with Crippen molar-refractivity contribution < 1.29 is 17.9 Å². The zero-order chi connectivity index (χ0) is 16.0. The molecule has 6 nitrogen and oxygen atoms in total. The monoisotopic (exact) mass is 326 g/mol. The molecule has 1 amide bonds. The number of hydrogen-bond acceptors (Lipinski definition) is 4.